The highest BCUT2D eigenvalue weighted by molar-refractivity contribution is 5.73. The number of hydrogen-bond acceptors (Lipinski definition) is 5. The van der Waals surface area contributed by atoms with E-state index in [-0.39, 0.29) is 6.61 Å². The molecule has 0 unspecified atom stereocenters. The molecule has 1 aliphatic rings. The molecule has 1 saturated heterocycles. The molecule has 6 nitrogen and oxygen atoms in total. The molecule has 0 radical (unpaired) electrons. The molecule has 0 bridgehead atoms. The summed E-state index contributed by atoms with van der Waals surface area (Å²) in [5.74, 6) is 0.781. The van der Waals surface area contributed by atoms with Crippen LogP contribution >= 0.6 is 0 Å². The number of fused-ring (bicyclic) bond motifs is 1. The molecule has 2 aromatic heterocycles. The molecular formula is C15H22N4O2. The Labute approximate surface area is 124 Å². The monoisotopic (exact) mass is 290 g/mol. The third-order valence-corrected chi connectivity index (χ3v) is 3.88. The van der Waals surface area contributed by atoms with E-state index in [1.807, 2.05) is 23.0 Å². The molecule has 1 N–H and O–H groups in total. The first-order chi connectivity index (χ1) is 10.3. The minimum Gasteiger partial charge on any atom is -0.492 e. The molecule has 3 rings (SSSR count). The molecular weight excluding hydrogens is 268 g/mol. The van der Waals surface area contributed by atoms with Gasteiger partial charge in [-0.3, -0.25) is 0 Å². The summed E-state index contributed by atoms with van der Waals surface area (Å²) in [5.41, 5.74) is 2.29. The van der Waals surface area contributed by atoms with Gasteiger partial charge in [-0.15, -0.1) is 0 Å². The standard InChI is InChI=1S/C15H22N4O2/c1-17-5-7-18(8-6-17)15-11-16-19-12-13(3-4-14(15)19)21-10-2-9-20/h3-4,11-12,20H,2,5-10H2,1H3. The number of hydrogen-bond donors (Lipinski definition) is 1. The van der Waals surface area contributed by atoms with Crippen molar-refractivity contribution in [1.82, 2.24) is 14.5 Å². The van der Waals surface area contributed by atoms with Crippen LogP contribution < -0.4 is 9.64 Å². The number of aliphatic hydroxyl groups is 1. The van der Waals surface area contributed by atoms with Gasteiger partial charge in [0.05, 0.1) is 30.2 Å². The second-order valence-corrected chi connectivity index (χ2v) is 5.44. The molecule has 0 atom stereocenters. The Hall–Kier alpha value is -1.79. The van der Waals surface area contributed by atoms with E-state index in [1.54, 1.807) is 0 Å². The number of rotatable bonds is 5. The first kappa shape index (κ1) is 14.2. The van der Waals surface area contributed by atoms with E-state index in [2.05, 4.69) is 28.0 Å². The normalized spacial score (nSPS) is 16.6. The lowest BCUT2D eigenvalue weighted by atomic mass is 10.2. The van der Waals surface area contributed by atoms with Crippen molar-refractivity contribution in [3.63, 3.8) is 0 Å². The Bertz CT molecular complexity index is 590. The summed E-state index contributed by atoms with van der Waals surface area (Å²) >= 11 is 0. The zero-order valence-corrected chi connectivity index (χ0v) is 12.4. The highest BCUT2D eigenvalue weighted by atomic mass is 16.5. The molecule has 3 heterocycles. The predicted octanol–water partition coefficient (Wildman–Crippen LogP) is 0.847. The number of pyridine rings is 1. The molecule has 1 fully saturated rings. The lowest BCUT2D eigenvalue weighted by Crippen LogP contribution is -2.44. The molecule has 114 valence electrons. The van der Waals surface area contributed by atoms with Crippen LogP contribution in [0.25, 0.3) is 5.52 Å². The number of piperazine rings is 1. The van der Waals surface area contributed by atoms with Gasteiger partial charge in [-0.25, -0.2) is 4.52 Å². The maximum atomic E-state index is 8.78. The summed E-state index contributed by atoms with van der Waals surface area (Å²) in [5, 5.41) is 13.2. The molecule has 0 aliphatic carbocycles. The van der Waals surface area contributed by atoms with Crippen LogP contribution in [-0.2, 0) is 0 Å². The summed E-state index contributed by atoms with van der Waals surface area (Å²) in [4.78, 5) is 4.73. The summed E-state index contributed by atoms with van der Waals surface area (Å²) in [6.45, 7) is 4.91. The molecule has 0 amide bonds. The molecule has 0 saturated carbocycles. The highest BCUT2D eigenvalue weighted by Gasteiger charge is 2.17. The van der Waals surface area contributed by atoms with Crippen LogP contribution in [0.3, 0.4) is 0 Å². The van der Waals surface area contributed by atoms with Crippen LogP contribution in [0.5, 0.6) is 5.75 Å². The number of ether oxygens (including phenoxy) is 1. The summed E-state index contributed by atoms with van der Waals surface area (Å²) in [7, 11) is 2.16. The molecule has 21 heavy (non-hydrogen) atoms. The van der Waals surface area contributed by atoms with Gasteiger partial charge >= 0.3 is 0 Å². The van der Waals surface area contributed by atoms with E-state index in [0.717, 1.165) is 37.4 Å². The van der Waals surface area contributed by atoms with Crippen molar-refractivity contribution < 1.29 is 9.84 Å². The van der Waals surface area contributed by atoms with Crippen molar-refractivity contribution in [3.05, 3.63) is 24.5 Å². The van der Waals surface area contributed by atoms with Crippen LogP contribution in [0.1, 0.15) is 6.42 Å². The molecule has 2 aromatic rings. The minimum absolute atomic E-state index is 0.150. The Morgan fingerprint density at radius 1 is 1.24 bits per heavy atom. The van der Waals surface area contributed by atoms with Gasteiger partial charge in [0.2, 0.25) is 0 Å². The highest BCUT2D eigenvalue weighted by Crippen LogP contribution is 2.24. The smallest absolute Gasteiger partial charge is 0.137 e. The van der Waals surface area contributed by atoms with Gasteiger partial charge in [-0.1, -0.05) is 0 Å². The second kappa shape index (κ2) is 6.32. The van der Waals surface area contributed by atoms with Crippen LogP contribution in [0.2, 0.25) is 0 Å². The quantitative estimate of drug-likeness (QED) is 0.827. The number of nitrogens with zero attached hydrogens (tertiary/aromatic N) is 4. The van der Waals surface area contributed by atoms with Crippen LogP contribution in [-0.4, -0.2) is 66.1 Å². The van der Waals surface area contributed by atoms with E-state index in [1.165, 1.54) is 5.69 Å². The third-order valence-electron chi connectivity index (χ3n) is 3.88. The van der Waals surface area contributed by atoms with Crippen molar-refractivity contribution in [2.45, 2.75) is 6.42 Å². The van der Waals surface area contributed by atoms with Gasteiger partial charge < -0.3 is 19.6 Å². The first-order valence-electron chi connectivity index (χ1n) is 7.42. The molecule has 0 spiro atoms. The minimum atomic E-state index is 0.150. The molecule has 1 aliphatic heterocycles. The predicted molar refractivity (Wildman–Crippen MR) is 82.1 cm³/mol. The van der Waals surface area contributed by atoms with E-state index in [9.17, 15) is 0 Å². The SMILES string of the molecule is CN1CCN(c2cnn3cc(OCCCO)ccc23)CC1. The average molecular weight is 290 g/mol. The van der Waals surface area contributed by atoms with E-state index >= 15 is 0 Å². The third kappa shape index (κ3) is 3.11. The Morgan fingerprint density at radius 2 is 2.05 bits per heavy atom. The van der Waals surface area contributed by atoms with Crippen molar-refractivity contribution in [3.8, 4) is 5.75 Å². The topological polar surface area (TPSA) is 53.2 Å². The Morgan fingerprint density at radius 3 is 2.81 bits per heavy atom. The lowest BCUT2D eigenvalue weighted by Gasteiger charge is -2.33. The van der Waals surface area contributed by atoms with E-state index < -0.39 is 0 Å². The average Bonchev–Trinajstić information content (AvgIpc) is 2.91. The number of aliphatic hydroxyl groups excluding tert-OH is 1. The fourth-order valence-corrected chi connectivity index (χ4v) is 2.58. The maximum Gasteiger partial charge on any atom is 0.137 e. The van der Waals surface area contributed by atoms with Gasteiger partial charge in [-0.05, 0) is 19.2 Å². The van der Waals surface area contributed by atoms with Crippen LogP contribution in [0.15, 0.2) is 24.5 Å². The Kier molecular flexibility index (Phi) is 4.26. The van der Waals surface area contributed by atoms with E-state index in [0.29, 0.717) is 13.0 Å². The summed E-state index contributed by atoms with van der Waals surface area (Å²) < 4.78 is 7.45. The zero-order chi connectivity index (χ0) is 14.7. The van der Waals surface area contributed by atoms with Gasteiger partial charge in [0.25, 0.3) is 0 Å². The lowest BCUT2D eigenvalue weighted by molar-refractivity contribution is 0.233. The van der Waals surface area contributed by atoms with Crippen molar-refractivity contribution in [2.24, 2.45) is 0 Å². The maximum absolute atomic E-state index is 8.78. The van der Waals surface area contributed by atoms with Gasteiger partial charge in [0.1, 0.15) is 5.75 Å². The van der Waals surface area contributed by atoms with Crippen LogP contribution in [0, 0.1) is 0 Å². The van der Waals surface area contributed by atoms with E-state index in [4.69, 9.17) is 9.84 Å². The fourth-order valence-electron chi connectivity index (χ4n) is 2.58. The van der Waals surface area contributed by atoms with Crippen molar-refractivity contribution >= 4 is 11.2 Å². The zero-order valence-electron chi connectivity index (χ0n) is 12.4. The van der Waals surface area contributed by atoms with Crippen molar-refractivity contribution in [1.29, 1.82) is 0 Å². The first-order valence-corrected chi connectivity index (χ1v) is 7.42. The van der Waals surface area contributed by atoms with Crippen LogP contribution in [0.4, 0.5) is 5.69 Å². The number of likely N-dealkylation sites (N-methyl/N-ethyl adjacent to an activating group) is 1. The van der Waals surface area contributed by atoms with Gasteiger partial charge in [0.15, 0.2) is 0 Å². The largest absolute Gasteiger partial charge is 0.492 e. The second-order valence-electron chi connectivity index (χ2n) is 5.44. The number of anilines is 1. The number of aromatic nitrogens is 2. The van der Waals surface area contributed by atoms with Gasteiger partial charge in [-0.2, -0.15) is 5.10 Å². The summed E-state index contributed by atoms with van der Waals surface area (Å²) in [6, 6.07) is 4.02. The fraction of sp³-hybridized carbons (Fsp3) is 0.533. The van der Waals surface area contributed by atoms with Crippen molar-refractivity contribution in [2.75, 3.05) is 51.3 Å². The molecule has 0 aromatic carbocycles. The Balaban J connectivity index is 1.76. The van der Waals surface area contributed by atoms with Gasteiger partial charge in [0, 0.05) is 39.2 Å². The molecule has 6 heteroatoms. The summed E-state index contributed by atoms with van der Waals surface area (Å²) in [6.07, 6.45) is 4.47.